The average Bonchev–Trinajstić information content (AvgIpc) is 2.83. The van der Waals surface area contributed by atoms with Crippen LogP contribution in [-0.2, 0) is 10.3 Å². The fraction of sp³-hybridized carbons (Fsp3) is 0.167. The molecule has 0 radical (unpaired) electrons. The number of carbonyl (C=O) groups is 1. The number of hydrogen-bond acceptors (Lipinski definition) is 2. The summed E-state index contributed by atoms with van der Waals surface area (Å²) in [6.07, 6.45) is 4.30. The standard InChI is InChI=1S/C18H17NO/c1-14-9-11-15(12-10-14)18(13-5-8-17(18)20)19-16-6-3-2-4-7-16/h2-12,19H,13H2,1H3. The predicted molar refractivity (Wildman–Crippen MR) is 81.7 cm³/mol. The van der Waals surface area contributed by atoms with Gasteiger partial charge in [-0.25, -0.2) is 0 Å². The van der Waals surface area contributed by atoms with Crippen molar-refractivity contribution in [2.45, 2.75) is 18.9 Å². The second kappa shape index (κ2) is 4.97. The maximum absolute atomic E-state index is 12.4. The van der Waals surface area contributed by atoms with E-state index in [1.54, 1.807) is 6.08 Å². The lowest BCUT2D eigenvalue weighted by atomic mass is 9.85. The number of anilines is 1. The molecule has 100 valence electrons. The minimum absolute atomic E-state index is 0.116. The summed E-state index contributed by atoms with van der Waals surface area (Å²) >= 11 is 0. The molecule has 1 unspecified atom stereocenters. The molecule has 2 aromatic rings. The molecule has 0 aromatic heterocycles. The van der Waals surface area contributed by atoms with Crippen LogP contribution in [0.25, 0.3) is 0 Å². The van der Waals surface area contributed by atoms with Crippen LogP contribution in [-0.4, -0.2) is 5.78 Å². The molecule has 1 aliphatic rings. The van der Waals surface area contributed by atoms with E-state index >= 15 is 0 Å². The monoisotopic (exact) mass is 263 g/mol. The maximum atomic E-state index is 12.4. The van der Waals surface area contributed by atoms with E-state index in [4.69, 9.17) is 0 Å². The zero-order chi connectivity index (χ0) is 14.0. The van der Waals surface area contributed by atoms with Gasteiger partial charge >= 0.3 is 0 Å². The first kappa shape index (κ1) is 12.7. The summed E-state index contributed by atoms with van der Waals surface area (Å²) in [5, 5.41) is 3.43. The first-order valence-corrected chi connectivity index (χ1v) is 6.82. The fourth-order valence-electron chi connectivity index (χ4n) is 2.64. The van der Waals surface area contributed by atoms with E-state index in [2.05, 4.69) is 24.4 Å². The van der Waals surface area contributed by atoms with E-state index < -0.39 is 5.54 Å². The van der Waals surface area contributed by atoms with Gasteiger partial charge in [-0.2, -0.15) is 0 Å². The predicted octanol–water partition coefficient (Wildman–Crippen LogP) is 3.83. The Bertz CT molecular complexity index is 643. The first-order chi connectivity index (χ1) is 9.71. The van der Waals surface area contributed by atoms with Crippen molar-refractivity contribution in [2.75, 3.05) is 5.32 Å². The van der Waals surface area contributed by atoms with Crippen molar-refractivity contribution in [3.63, 3.8) is 0 Å². The number of ketones is 1. The van der Waals surface area contributed by atoms with Gasteiger partial charge in [0, 0.05) is 12.1 Å². The Morgan fingerprint density at radius 1 is 1.00 bits per heavy atom. The van der Waals surface area contributed by atoms with Crippen molar-refractivity contribution in [3.05, 3.63) is 77.9 Å². The molecular weight excluding hydrogens is 246 g/mol. The van der Waals surface area contributed by atoms with Gasteiger partial charge in [0.05, 0.1) is 0 Å². The quantitative estimate of drug-likeness (QED) is 0.911. The van der Waals surface area contributed by atoms with Gasteiger partial charge in [-0.3, -0.25) is 4.79 Å². The summed E-state index contributed by atoms with van der Waals surface area (Å²) in [4.78, 5) is 12.4. The average molecular weight is 263 g/mol. The van der Waals surface area contributed by atoms with E-state index in [0.29, 0.717) is 6.42 Å². The second-order valence-corrected chi connectivity index (χ2v) is 5.23. The zero-order valence-corrected chi connectivity index (χ0v) is 11.5. The smallest absolute Gasteiger partial charge is 0.185 e. The highest BCUT2D eigenvalue weighted by Gasteiger charge is 2.40. The van der Waals surface area contributed by atoms with Crippen molar-refractivity contribution in [2.24, 2.45) is 0 Å². The summed E-state index contributed by atoms with van der Waals surface area (Å²) in [6, 6.07) is 18.1. The maximum Gasteiger partial charge on any atom is 0.185 e. The number of benzene rings is 2. The number of rotatable bonds is 3. The summed E-state index contributed by atoms with van der Waals surface area (Å²) in [5.41, 5.74) is 2.52. The van der Waals surface area contributed by atoms with E-state index in [-0.39, 0.29) is 5.78 Å². The molecule has 0 fully saturated rings. The summed E-state index contributed by atoms with van der Waals surface area (Å²) in [5.74, 6) is 0.116. The Kier molecular flexibility index (Phi) is 3.15. The minimum Gasteiger partial charge on any atom is -0.369 e. The second-order valence-electron chi connectivity index (χ2n) is 5.23. The topological polar surface area (TPSA) is 29.1 Å². The molecule has 20 heavy (non-hydrogen) atoms. The molecule has 0 spiro atoms. The highest BCUT2D eigenvalue weighted by atomic mass is 16.1. The van der Waals surface area contributed by atoms with Crippen LogP contribution in [0.4, 0.5) is 5.69 Å². The fourth-order valence-corrected chi connectivity index (χ4v) is 2.64. The third-order valence-electron chi connectivity index (χ3n) is 3.79. The van der Waals surface area contributed by atoms with Crippen molar-refractivity contribution in [1.29, 1.82) is 0 Å². The van der Waals surface area contributed by atoms with Gasteiger partial charge in [0.2, 0.25) is 0 Å². The molecular formula is C18H17NO. The molecule has 0 saturated carbocycles. The van der Waals surface area contributed by atoms with Gasteiger partial charge in [0.15, 0.2) is 5.78 Å². The number of aryl methyl sites for hydroxylation is 1. The molecule has 1 atom stereocenters. The van der Waals surface area contributed by atoms with Crippen molar-refractivity contribution >= 4 is 11.5 Å². The Morgan fingerprint density at radius 2 is 1.70 bits per heavy atom. The normalized spacial score (nSPS) is 21.1. The molecule has 3 rings (SSSR count). The highest BCUT2D eigenvalue weighted by molar-refractivity contribution is 6.03. The van der Waals surface area contributed by atoms with E-state index in [0.717, 1.165) is 11.3 Å². The third-order valence-corrected chi connectivity index (χ3v) is 3.79. The largest absolute Gasteiger partial charge is 0.369 e. The van der Waals surface area contributed by atoms with Crippen LogP contribution in [0.5, 0.6) is 0 Å². The van der Waals surface area contributed by atoms with Crippen LogP contribution in [0.1, 0.15) is 17.5 Å². The highest BCUT2D eigenvalue weighted by Crippen LogP contribution is 2.35. The molecule has 0 bridgehead atoms. The molecule has 2 aromatic carbocycles. The SMILES string of the molecule is Cc1ccc(C2(Nc3ccccc3)CC=CC2=O)cc1. The molecule has 0 aliphatic heterocycles. The Balaban J connectivity index is 2.02. The number of carbonyl (C=O) groups excluding carboxylic acids is 1. The van der Waals surface area contributed by atoms with Gasteiger partial charge in [-0.05, 0) is 30.7 Å². The first-order valence-electron chi connectivity index (χ1n) is 6.82. The van der Waals surface area contributed by atoms with Crippen LogP contribution in [0.3, 0.4) is 0 Å². The molecule has 1 aliphatic carbocycles. The van der Waals surface area contributed by atoms with E-state index in [1.165, 1.54) is 5.56 Å². The Hall–Kier alpha value is -2.35. The molecule has 0 amide bonds. The van der Waals surface area contributed by atoms with Crippen LogP contribution >= 0.6 is 0 Å². The summed E-state index contributed by atoms with van der Waals surface area (Å²) < 4.78 is 0. The Labute approximate surface area is 119 Å². The molecule has 1 N–H and O–H groups in total. The third kappa shape index (κ3) is 2.14. The number of para-hydroxylation sites is 1. The lowest BCUT2D eigenvalue weighted by molar-refractivity contribution is -0.118. The van der Waals surface area contributed by atoms with E-state index in [1.807, 2.05) is 48.5 Å². The number of hydrogen-bond donors (Lipinski definition) is 1. The van der Waals surface area contributed by atoms with Crippen LogP contribution in [0, 0.1) is 6.92 Å². The van der Waals surface area contributed by atoms with Gasteiger partial charge < -0.3 is 5.32 Å². The Morgan fingerprint density at radius 3 is 2.30 bits per heavy atom. The summed E-state index contributed by atoms with van der Waals surface area (Å²) in [7, 11) is 0. The summed E-state index contributed by atoms with van der Waals surface area (Å²) in [6.45, 7) is 2.05. The molecule has 0 heterocycles. The van der Waals surface area contributed by atoms with Gasteiger partial charge in [0.25, 0.3) is 0 Å². The number of nitrogens with one attached hydrogen (secondary N) is 1. The van der Waals surface area contributed by atoms with Crippen molar-refractivity contribution < 1.29 is 4.79 Å². The minimum atomic E-state index is -0.658. The lowest BCUT2D eigenvalue weighted by Crippen LogP contribution is -2.39. The molecule has 0 saturated heterocycles. The van der Waals surface area contributed by atoms with Crippen molar-refractivity contribution in [1.82, 2.24) is 0 Å². The van der Waals surface area contributed by atoms with Gasteiger partial charge in [-0.15, -0.1) is 0 Å². The van der Waals surface area contributed by atoms with Crippen LogP contribution in [0.2, 0.25) is 0 Å². The van der Waals surface area contributed by atoms with Crippen LogP contribution < -0.4 is 5.32 Å². The van der Waals surface area contributed by atoms with Gasteiger partial charge in [-0.1, -0.05) is 54.1 Å². The molecule has 2 heteroatoms. The van der Waals surface area contributed by atoms with E-state index in [9.17, 15) is 4.79 Å². The zero-order valence-electron chi connectivity index (χ0n) is 11.5. The van der Waals surface area contributed by atoms with Crippen LogP contribution in [0.15, 0.2) is 66.7 Å². The van der Waals surface area contributed by atoms with Crippen molar-refractivity contribution in [3.8, 4) is 0 Å². The molecule has 2 nitrogen and oxygen atoms in total. The van der Waals surface area contributed by atoms with Gasteiger partial charge in [0.1, 0.15) is 5.54 Å². The lowest BCUT2D eigenvalue weighted by Gasteiger charge is -2.30.